The Hall–Kier alpha value is -1.33. The fraction of sp³-hybridized carbons (Fsp3) is 0.273. The van der Waals surface area contributed by atoms with Gasteiger partial charge in [0.1, 0.15) is 0 Å². The maximum Gasteiger partial charge on any atom is 0.328 e. The van der Waals surface area contributed by atoms with Gasteiger partial charge in [0.25, 0.3) is 0 Å². The quantitative estimate of drug-likeness (QED) is 0.838. The Morgan fingerprint density at radius 1 is 1.47 bits per heavy atom. The van der Waals surface area contributed by atoms with Crippen LogP contribution < -0.4 is 0 Å². The highest BCUT2D eigenvalue weighted by Gasteiger charge is 2.10. The van der Waals surface area contributed by atoms with Crippen molar-refractivity contribution < 1.29 is 14.7 Å². The lowest BCUT2D eigenvalue weighted by Crippen LogP contribution is -2.28. The number of thiophene rings is 1. The molecule has 0 atom stereocenters. The van der Waals surface area contributed by atoms with Crippen LogP contribution in [0.2, 0.25) is 4.34 Å². The highest BCUT2D eigenvalue weighted by atomic mass is 35.5. The summed E-state index contributed by atoms with van der Waals surface area (Å²) in [7, 11) is 0. The third-order valence-corrected chi connectivity index (χ3v) is 3.25. The van der Waals surface area contributed by atoms with Gasteiger partial charge in [-0.05, 0) is 19.1 Å². The van der Waals surface area contributed by atoms with Crippen molar-refractivity contribution in [1.82, 2.24) is 4.90 Å². The van der Waals surface area contributed by atoms with Gasteiger partial charge in [0.05, 0.1) is 10.9 Å². The van der Waals surface area contributed by atoms with Crippen LogP contribution in [0.4, 0.5) is 0 Å². The van der Waals surface area contributed by atoms with Crippen LogP contribution in [0.15, 0.2) is 24.3 Å². The van der Waals surface area contributed by atoms with Crippen molar-refractivity contribution in [2.45, 2.75) is 13.5 Å². The van der Waals surface area contributed by atoms with Crippen molar-refractivity contribution in [1.29, 1.82) is 0 Å². The lowest BCUT2D eigenvalue weighted by molar-refractivity contribution is -0.132. The Morgan fingerprint density at radius 2 is 2.18 bits per heavy atom. The fourth-order valence-corrected chi connectivity index (χ4v) is 2.32. The summed E-state index contributed by atoms with van der Waals surface area (Å²) in [6.07, 6.45) is 1.90. The van der Waals surface area contributed by atoms with E-state index in [0.717, 1.165) is 17.0 Å². The highest BCUT2D eigenvalue weighted by molar-refractivity contribution is 7.16. The van der Waals surface area contributed by atoms with Crippen molar-refractivity contribution in [3.63, 3.8) is 0 Å². The maximum atomic E-state index is 11.6. The molecule has 1 aromatic rings. The Morgan fingerprint density at radius 3 is 2.65 bits per heavy atom. The Kier molecular flexibility index (Phi) is 5.18. The molecule has 0 saturated heterocycles. The third kappa shape index (κ3) is 4.58. The van der Waals surface area contributed by atoms with Crippen LogP contribution in [0, 0.1) is 0 Å². The van der Waals surface area contributed by atoms with E-state index in [1.807, 2.05) is 13.0 Å². The van der Waals surface area contributed by atoms with E-state index in [-0.39, 0.29) is 5.91 Å². The lowest BCUT2D eigenvalue weighted by Gasteiger charge is -2.17. The summed E-state index contributed by atoms with van der Waals surface area (Å²) >= 11 is 7.20. The van der Waals surface area contributed by atoms with Crippen LogP contribution in [0.1, 0.15) is 11.8 Å². The molecule has 0 aliphatic heterocycles. The highest BCUT2D eigenvalue weighted by Crippen LogP contribution is 2.22. The molecule has 1 N–H and O–H groups in total. The first-order valence-corrected chi connectivity index (χ1v) is 6.16. The van der Waals surface area contributed by atoms with E-state index in [1.54, 1.807) is 11.0 Å². The molecule has 0 saturated carbocycles. The Balaban J connectivity index is 2.65. The smallest absolute Gasteiger partial charge is 0.328 e. The van der Waals surface area contributed by atoms with Gasteiger partial charge in [-0.3, -0.25) is 4.79 Å². The second kappa shape index (κ2) is 6.42. The topological polar surface area (TPSA) is 57.6 Å². The van der Waals surface area contributed by atoms with Gasteiger partial charge in [0.15, 0.2) is 0 Å². The van der Waals surface area contributed by atoms with Crippen LogP contribution in [0.3, 0.4) is 0 Å². The number of carboxylic acids is 1. The van der Waals surface area contributed by atoms with Gasteiger partial charge >= 0.3 is 5.97 Å². The zero-order valence-electron chi connectivity index (χ0n) is 9.22. The van der Waals surface area contributed by atoms with E-state index < -0.39 is 5.97 Å². The molecular weight excluding hydrogens is 262 g/mol. The molecule has 0 aliphatic carbocycles. The molecule has 92 valence electrons. The minimum atomic E-state index is -1.13. The van der Waals surface area contributed by atoms with Crippen LogP contribution in [0.25, 0.3) is 0 Å². The number of nitrogens with zero attached hydrogens (tertiary/aromatic N) is 1. The minimum absolute atomic E-state index is 0.320. The molecule has 1 heterocycles. The average Bonchev–Trinajstić information content (AvgIpc) is 2.68. The van der Waals surface area contributed by atoms with E-state index in [4.69, 9.17) is 16.7 Å². The van der Waals surface area contributed by atoms with Gasteiger partial charge in [-0.2, -0.15) is 0 Å². The largest absolute Gasteiger partial charge is 0.478 e. The normalized spacial score (nSPS) is 10.7. The number of likely N-dealkylation sites (N-methyl/N-ethyl adjacent to an activating group) is 1. The average molecular weight is 274 g/mol. The molecule has 0 radical (unpaired) electrons. The molecule has 6 heteroatoms. The number of hydrogen-bond acceptors (Lipinski definition) is 3. The number of carbonyl (C=O) groups is 2. The number of aliphatic carboxylic acids is 1. The minimum Gasteiger partial charge on any atom is -0.478 e. The summed E-state index contributed by atoms with van der Waals surface area (Å²) in [5.41, 5.74) is 0. The zero-order chi connectivity index (χ0) is 12.8. The predicted octanol–water partition coefficient (Wildman–Crippen LogP) is 2.39. The summed E-state index contributed by atoms with van der Waals surface area (Å²) < 4.78 is 0.671. The molecule has 0 aromatic carbocycles. The first kappa shape index (κ1) is 13.7. The molecule has 1 aromatic heterocycles. The monoisotopic (exact) mass is 273 g/mol. The van der Waals surface area contributed by atoms with E-state index in [2.05, 4.69) is 0 Å². The molecule has 0 unspecified atom stereocenters. The van der Waals surface area contributed by atoms with Gasteiger partial charge in [-0.25, -0.2) is 4.79 Å². The van der Waals surface area contributed by atoms with Gasteiger partial charge in [0.2, 0.25) is 5.91 Å². The van der Waals surface area contributed by atoms with E-state index in [0.29, 0.717) is 17.4 Å². The van der Waals surface area contributed by atoms with Gasteiger partial charge in [-0.1, -0.05) is 11.6 Å². The number of hydrogen-bond donors (Lipinski definition) is 1. The molecule has 1 amide bonds. The summed E-state index contributed by atoms with van der Waals surface area (Å²) in [4.78, 5) is 24.5. The third-order valence-electron chi connectivity index (χ3n) is 2.04. The molecule has 0 spiro atoms. The van der Waals surface area contributed by atoms with Crippen molar-refractivity contribution in [2.75, 3.05) is 6.54 Å². The zero-order valence-corrected chi connectivity index (χ0v) is 10.8. The van der Waals surface area contributed by atoms with Crippen LogP contribution in [0.5, 0.6) is 0 Å². The van der Waals surface area contributed by atoms with Crippen molar-refractivity contribution >= 4 is 34.8 Å². The number of halogens is 1. The predicted molar refractivity (Wildman–Crippen MR) is 67.2 cm³/mol. The van der Waals surface area contributed by atoms with Crippen molar-refractivity contribution in [3.05, 3.63) is 33.5 Å². The number of carbonyl (C=O) groups excluding carboxylic acids is 1. The van der Waals surface area contributed by atoms with Crippen LogP contribution >= 0.6 is 22.9 Å². The molecule has 0 aliphatic rings. The van der Waals surface area contributed by atoms with E-state index in [1.165, 1.54) is 11.3 Å². The molecule has 4 nitrogen and oxygen atoms in total. The van der Waals surface area contributed by atoms with Crippen molar-refractivity contribution in [3.8, 4) is 0 Å². The lowest BCUT2D eigenvalue weighted by atomic mass is 10.3. The van der Waals surface area contributed by atoms with Gasteiger partial charge < -0.3 is 10.0 Å². The molecule has 0 fully saturated rings. The maximum absolute atomic E-state index is 11.6. The molecule has 1 rings (SSSR count). The first-order chi connectivity index (χ1) is 8.02. The van der Waals surface area contributed by atoms with E-state index >= 15 is 0 Å². The SMILES string of the molecule is CCN(Cc1ccc(Cl)s1)C(=O)/C=C/C(=O)O. The van der Waals surface area contributed by atoms with Gasteiger partial charge in [-0.15, -0.1) is 11.3 Å². The second-order valence-electron chi connectivity index (χ2n) is 3.23. The van der Waals surface area contributed by atoms with Crippen molar-refractivity contribution in [2.24, 2.45) is 0 Å². The Labute approximate surface area is 108 Å². The second-order valence-corrected chi connectivity index (χ2v) is 5.03. The number of amides is 1. The molecule has 0 bridgehead atoms. The Bertz CT molecular complexity index is 442. The summed E-state index contributed by atoms with van der Waals surface area (Å²) in [5.74, 6) is -1.45. The number of rotatable bonds is 5. The first-order valence-electron chi connectivity index (χ1n) is 4.97. The van der Waals surface area contributed by atoms with Crippen LogP contribution in [-0.4, -0.2) is 28.4 Å². The fourth-order valence-electron chi connectivity index (χ4n) is 1.22. The molecular formula is C11H12ClNO3S. The summed E-state index contributed by atoms with van der Waals surface area (Å²) in [5, 5.41) is 8.44. The molecule has 17 heavy (non-hydrogen) atoms. The number of carboxylic acid groups (broad SMARTS) is 1. The van der Waals surface area contributed by atoms with E-state index in [9.17, 15) is 9.59 Å². The van der Waals surface area contributed by atoms with Crippen LogP contribution in [-0.2, 0) is 16.1 Å². The standard InChI is InChI=1S/C11H12ClNO3S/c1-2-13(10(14)5-6-11(15)16)7-8-3-4-9(12)17-8/h3-6H,2,7H2,1H3,(H,15,16)/b6-5+. The van der Waals surface area contributed by atoms with Gasteiger partial charge in [0, 0.05) is 23.6 Å². The summed E-state index contributed by atoms with van der Waals surface area (Å²) in [6, 6.07) is 3.62. The summed E-state index contributed by atoms with van der Waals surface area (Å²) in [6.45, 7) is 2.79.